The van der Waals surface area contributed by atoms with Gasteiger partial charge in [0.1, 0.15) is 15.8 Å². The number of rotatable bonds is 7. The molecule has 0 unspecified atom stereocenters. The second-order valence-electron chi connectivity index (χ2n) is 4.18. The third-order valence-corrected chi connectivity index (χ3v) is 3.94. The highest BCUT2D eigenvalue weighted by Gasteiger charge is 2.10. The van der Waals surface area contributed by atoms with E-state index in [2.05, 4.69) is 20.3 Å². The first kappa shape index (κ1) is 16.1. The molecular formula is C13H14ClF2N3OS. The quantitative estimate of drug-likeness (QED) is 0.840. The van der Waals surface area contributed by atoms with E-state index in [1.807, 2.05) is 6.92 Å². The van der Waals surface area contributed by atoms with Crippen LogP contribution in [-0.2, 0) is 19.5 Å². The van der Waals surface area contributed by atoms with Gasteiger partial charge in [-0.1, -0.05) is 18.5 Å². The molecule has 0 atom stereocenters. The highest BCUT2D eigenvalue weighted by molar-refractivity contribution is 7.11. The fourth-order valence-corrected chi connectivity index (χ4v) is 2.65. The molecule has 0 saturated carbocycles. The maximum Gasteiger partial charge on any atom is 0.387 e. The van der Waals surface area contributed by atoms with E-state index in [4.69, 9.17) is 11.6 Å². The van der Waals surface area contributed by atoms with Crippen molar-refractivity contribution in [2.45, 2.75) is 33.0 Å². The van der Waals surface area contributed by atoms with Gasteiger partial charge in [-0.3, -0.25) is 0 Å². The summed E-state index contributed by atoms with van der Waals surface area (Å²) in [7, 11) is 0. The van der Waals surface area contributed by atoms with Gasteiger partial charge < -0.3 is 10.1 Å². The molecule has 2 aromatic rings. The molecule has 2 rings (SSSR count). The van der Waals surface area contributed by atoms with Crippen LogP contribution >= 0.6 is 22.9 Å². The van der Waals surface area contributed by atoms with Gasteiger partial charge in [0.15, 0.2) is 0 Å². The Labute approximate surface area is 130 Å². The van der Waals surface area contributed by atoms with Crippen molar-refractivity contribution in [3.05, 3.63) is 38.8 Å². The average Bonchev–Trinajstić information content (AvgIpc) is 2.89. The van der Waals surface area contributed by atoms with E-state index in [1.165, 1.54) is 23.5 Å². The third-order valence-electron chi connectivity index (χ3n) is 2.64. The molecule has 0 spiro atoms. The molecule has 0 fully saturated rings. The van der Waals surface area contributed by atoms with Gasteiger partial charge in [0.25, 0.3) is 0 Å². The molecule has 1 heterocycles. The van der Waals surface area contributed by atoms with Crippen LogP contribution in [0.1, 0.15) is 22.5 Å². The molecule has 1 aromatic heterocycles. The van der Waals surface area contributed by atoms with Gasteiger partial charge in [-0.05, 0) is 24.6 Å². The highest BCUT2D eigenvalue weighted by Crippen LogP contribution is 2.24. The van der Waals surface area contributed by atoms with Crippen molar-refractivity contribution in [2.75, 3.05) is 0 Å². The van der Waals surface area contributed by atoms with Crippen LogP contribution in [0.2, 0.25) is 5.02 Å². The first-order valence-electron chi connectivity index (χ1n) is 6.33. The van der Waals surface area contributed by atoms with E-state index in [1.54, 1.807) is 6.07 Å². The Hall–Kier alpha value is -1.31. The Kier molecular flexibility index (Phi) is 5.84. The lowest BCUT2D eigenvalue weighted by Crippen LogP contribution is -2.14. The van der Waals surface area contributed by atoms with E-state index in [-0.39, 0.29) is 5.75 Å². The molecule has 114 valence electrons. The second-order valence-corrected chi connectivity index (χ2v) is 5.76. The van der Waals surface area contributed by atoms with Gasteiger partial charge in [-0.2, -0.15) is 8.78 Å². The fourth-order valence-electron chi connectivity index (χ4n) is 1.70. The Bertz CT molecular complexity index is 595. The zero-order valence-corrected chi connectivity index (χ0v) is 12.8. The van der Waals surface area contributed by atoms with Crippen LogP contribution in [0.3, 0.4) is 0 Å². The lowest BCUT2D eigenvalue weighted by Gasteiger charge is -2.11. The summed E-state index contributed by atoms with van der Waals surface area (Å²) >= 11 is 7.40. The largest absolute Gasteiger partial charge is 0.434 e. The molecule has 1 aromatic carbocycles. The van der Waals surface area contributed by atoms with Gasteiger partial charge in [-0.25, -0.2) is 0 Å². The lowest BCUT2D eigenvalue weighted by molar-refractivity contribution is -0.0505. The minimum atomic E-state index is -2.86. The summed E-state index contributed by atoms with van der Waals surface area (Å²) in [5, 5.41) is 13.5. The first-order valence-corrected chi connectivity index (χ1v) is 7.53. The van der Waals surface area contributed by atoms with Crippen LogP contribution < -0.4 is 10.1 Å². The Balaban J connectivity index is 1.96. The van der Waals surface area contributed by atoms with Gasteiger partial charge in [0.2, 0.25) is 0 Å². The molecule has 0 aliphatic carbocycles. The average molecular weight is 334 g/mol. The smallest absolute Gasteiger partial charge is 0.387 e. The van der Waals surface area contributed by atoms with Crippen molar-refractivity contribution < 1.29 is 13.5 Å². The van der Waals surface area contributed by atoms with E-state index in [0.717, 1.165) is 16.4 Å². The minimum Gasteiger partial charge on any atom is -0.434 e. The predicted octanol–water partition coefficient (Wildman–Crippen LogP) is 3.65. The Morgan fingerprint density at radius 1 is 1.29 bits per heavy atom. The topological polar surface area (TPSA) is 47.0 Å². The molecule has 21 heavy (non-hydrogen) atoms. The number of nitrogens with zero attached hydrogens (tertiary/aromatic N) is 2. The van der Waals surface area contributed by atoms with Gasteiger partial charge in [0, 0.05) is 23.7 Å². The summed E-state index contributed by atoms with van der Waals surface area (Å²) in [6, 6.07) is 4.55. The van der Waals surface area contributed by atoms with Crippen LogP contribution in [0.25, 0.3) is 0 Å². The monoisotopic (exact) mass is 333 g/mol. The van der Waals surface area contributed by atoms with Crippen molar-refractivity contribution in [2.24, 2.45) is 0 Å². The molecule has 1 N–H and O–H groups in total. The number of benzene rings is 1. The molecule has 0 amide bonds. The zero-order valence-electron chi connectivity index (χ0n) is 11.3. The summed E-state index contributed by atoms with van der Waals surface area (Å²) in [5.74, 6) is 0.119. The van der Waals surface area contributed by atoms with E-state index < -0.39 is 6.61 Å². The zero-order chi connectivity index (χ0) is 15.2. The lowest BCUT2D eigenvalue weighted by atomic mass is 10.2. The van der Waals surface area contributed by atoms with Crippen molar-refractivity contribution in [3.63, 3.8) is 0 Å². The molecular weight excluding hydrogens is 320 g/mol. The summed E-state index contributed by atoms with van der Waals surface area (Å²) in [6.45, 7) is 0.0137. The summed E-state index contributed by atoms with van der Waals surface area (Å²) in [4.78, 5) is 0. The molecule has 0 saturated heterocycles. The number of alkyl halides is 2. The van der Waals surface area contributed by atoms with Crippen molar-refractivity contribution in [1.82, 2.24) is 15.5 Å². The van der Waals surface area contributed by atoms with E-state index in [9.17, 15) is 8.78 Å². The number of aromatic nitrogens is 2. The molecule has 8 heteroatoms. The first-order chi connectivity index (χ1) is 10.1. The third kappa shape index (κ3) is 4.87. The predicted molar refractivity (Wildman–Crippen MR) is 77.9 cm³/mol. The Morgan fingerprint density at radius 2 is 2.05 bits per heavy atom. The number of halogens is 3. The van der Waals surface area contributed by atoms with E-state index in [0.29, 0.717) is 23.7 Å². The van der Waals surface area contributed by atoms with Crippen LogP contribution in [0.4, 0.5) is 8.78 Å². The van der Waals surface area contributed by atoms with Crippen molar-refractivity contribution in [1.29, 1.82) is 0 Å². The van der Waals surface area contributed by atoms with Crippen molar-refractivity contribution in [3.8, 4) is 5.75 Å². The number of hydrogen-bond donors (Lipinski definition) is 1. The van der Waals surface area contributed by atoms with Crippen LogP contribution in [-0.4, -0.2) is 16.8 Å². The summed E-state index contributed by atoms with van der Waals surface area (Å²) < 4.78 is 29.1. The SMILES string of the molecule is CCc1nnc(CNCc2cc(Cl)ccc2OC(F)F)s1. The van der Waals surface area contributed by atoms with Gasteiger partial charge >= 0.3 is 6.61 Å². The molecule has 0 aliphatic heterocycles. The standard InChI is InChI=1S/C13H14ClF2N3OS/c1-2-11-18-19-12(21-11)7-17-6-8-5-9(14)3-4-10(8)20-13(15)16/h3-5,13,17H,2,6-7H2,1H3. The van der Waals surface area contributed by atoms with E-state index >= 15 is 0 Å². The summed E-state index contributed by atoms with van der Waals surface area (Å²) in [5.41, 5.74) is 0.572. The number of hydrogen-bond acceptors (Lipinski definition) is 5. The van der Waals surface area contributed by atoms with Gasteiger partial charge in [0.05, 0.1) is 0 Å². The number of aryl methyl sites for hydroxylation is 1. The molecule has 0 aliphatic rings. The fraction of sp³-hybridized carbons (Fsp3) is 0.385. The Morgan fingerprint density at radius 3 is 2.71 bits per heavy atom. The minimum absolute atomic E-state index is 0.119. The van der Waals surface area contributed by atoms with Gasteiger partial charge in [-0.15, -0.1) is 21.5 Å². The molecule has 0 bridgehead atoms. The van der Waals surface area contributed by atoms with Crippen LogP contribution in [0.15, 0.2) is 18.2 Å². The maximum absolute atomic E-state index is 12.3. The maximum atomic E-state index is 12.3. The normalized spacial score (nSPS) is 11.1. The molecule has 0 radical (unpaired) electrons. The summed E-state index contributed by atoms with van der Waals surface area (Å²) in [6.07, 6.45) is 0.846. The van der Waals surface area contributed by atoms with Crippen LogP contribution in [0.5, 0.6) is 5.75 Å². The number of nitrogens with one attached hydrogen (secondary N) is 1. The molecule has 4 nitrogen and oxygen atoms in total. The second kappa shape index (κ2) is 7.63. The van der Waals surface area contributed by atoms with Crippen molar-refractivity contribution >= 4 is 22.9 Å². The number of ether oxygens (including phenoxy) is 1. The van der Waals surface area contributed by atoms with Crippen LogP contribution in [0, 0.1) is 0 Å². The highest BCUT2D eigenvalue weighted by atomic mass is 35.5.